The lowest BCUT2D eigenvalue weighted by Crippen LogP contribution is -1.95. The summed E-state index contributed by atoms with van der Waals surface area (Å²) in [5.74, 6) is 0.244. The molecule has 0 bridgehead atoms. The first-order chi connectivity index (χ1) is 10.8. The van der Waals surface area contributed by atoms with Crippen molar-refractivity contribution in [2.45, 2.75) is 6.42 Å². The third-order valence-corrected chi connectivity index (χ3v) is 3.81. The molecule has 0 radical (unpaired) electrons. The van der Waals surface area contributed by atoms with E-state index in [9.17, 15) is 5.11 Å². The molecule has 3 heteroatoms. The molecule has 0 aliphatic carbocycles. The third kappa shape index (κ3) is 2.17. The number of nitrogens with zero attached hydrogens (tertiary/aromatic N) is 2. The van der Waals surface area contributed by atoms with E-state index in [4.69, 9.17) is 4.98 Å². The Hall–Kier alpha value is -2.94. The van der Waals surface area contributed by atoms with Crippen LogP contribution in [0, 0.1) is 0 Å². The zero-order valence-corrected chi connectivity index (χ0v) is 11.9. The quantitative estimate of drug-likeness (QED) is 0.565. The fraction of sp³-hybridized carbons (Fsp3) is 0.0526. The number of aromatic hydroxyl groups is 1. The van der Waals surface area contributed by atoms with Gasteiger partial charge in [0.2, 0.25) is 0 Å². The number of rotatable bonds is 2. The van der Waals surface area contributed by atoms with Crippen LogP contribution in [0.1, 0.15) is 11.3 Å². The summed E-state index contributed by atoms with van der Waals surface area (Å²) in [6, 6.07) is 19.6. The van der Waals surface area contributed by atoms with Gasteiger partial charge in [-0.25, -0.2) is 4.98 Å². The zero-order chi connectivity index (χ0) is 14.9. The van der Waals surface area contributed by atoms with Gasteiger partial charge in [0.15, 0.2) is 0 Å². The zero-order valence-electron chi connectivity index (χ0n) is 11.9. The largest absolute Gasteiger partial charge is 0.507 e. The van der Waals surface area contributed by atoms with Crippen molar-refractivity contribution < 1.29 is 5.11 Å². The summed E-state index contributed by atoms with van der Waals surface area (Å²) in [4.78, 5) is 9.23. The van der Waals surface area contributed by atoms with E-state index in [0.29, 0.717) is 5.52 Å². The summed E-state index contributed by atoms with van der Waals surface area (Å²) < 4.78 is 0. The van der Waals surface area contributed by atoms with Gasteiger partial charge >= 0.3 is 0 Å². The minimum atomic E-state index is 0.244. The van der Waals surface area contributed by atoms with Gasteiger partial charge in [-0.05, 0) is 5.56 Å². The Morgan fingerprint density at radius 2 is 1.59 bits per heavy atom. The molecule has 0 saturated carbocycles. The van der Waals surface area contributed by atoms with Crippen molar-refractivity contribution in [3.8, 4) is 5.75 Å². The summed E-state index contributed by atoms with van der Waals surface area (Å²) in [5, 5.41) is 11.8. The number of benzene rings is 3. The molecule has 1 N–H and O–H groups in total. The van der Waals surface area contributed by atoms with Crippen LogP contribution in [-0.4, -0.2) is 15.1 Å². The van der Waals surface area contributed by atoms with Crippen LogP contribution in [0.15, 0.2) is 66.9 Å². The van der Waals surface area contributed by atoms with Crippen molar-refractivity contribution >= 4 is 21.8 Å². The summed E-state index contributed by atoms with van der Waals surface area (Å²) in [6.07, 6.45) is 2.53. The second-order valence-electron chi connectivity index (χ2n) is 5.33. The monoisotopic (exact) mass is 286 g/mol. The molecule has 0 aliphatic rings. The Kier molecular flexibility index (Phi) is 2.97. The average molecular weight is 286 g/mol. The molecule has 0 saturated heterocycles. The highest BCUT2D eigenvalue weighted by atomic mass is 16.3. The van der Waals surface area contributed by atoms with Crippen LogP contribution < -0.4 is 0 Å². The Balaban J connectivity index is 1.89. The first-order valence-electron chi connectivity index (χ1n) is 7.21. The first-order valence-corrected chi connectivity index (χ1v) is 7.21. The number of hydrogen-bond acceptors (Lipinski definition) is 3. The van der Waals surface area contributed by atoms with E-state index in [2.05, 4.69) is 17.1 Å². The molecule has 106 valence electrons. The summed E-state index contributed by atoms with van der Waals surface area (Å²) in [6.45, 7) is 0. The molecule has 0 spiro atoms. The van der Waals surface area contributed by atoms with Crippen LogP contribution in [0.4, 0.5) is 0 Å². The lowest BCUT2D eigenvalue weighted by molar-refractivity contribution is 0.482. The van der Waals surface area contributed by atoms with Crippen molar-refractivity contribution in [3.63, 3.8) is 0 Å². The van der Waals surface area contributed by atoms with Gasteiger partial charge in [-0.1, -0.05) is 54.6 Å². The number of phenolic OH excluding ortho intramolecular Hbond substituents is 1. The van der Waals surface area contributed by atoms with Gasteiger partial charge in [-0.2, -0.15) is 0 Å². The van der Waals surface area contributed by atoms with Crippen molar-refractivity contribution in [1.29, 1.82) is 0 Å². The molecular weight excluding hydrogens is 272 g/mol. The molecule has 3 nitrogen and oxygen atoms in total. The van der Waals surface area contributed by atoms with E-state index in [1.54, 1.807) is 12.3 Å². The minimum absolute atomic E-state index is 0.244. The molecule has 3 aromatic carbocycles. The topological polar surface area (TPSA) is 46.0 Å². The lowest BCUT2D eigenvalue weighted by atomic mass is 10.1. The van der Waals surface area contributed by atoms with Gasteiger partial charge in [-0.15, -0.1) is 0 Å². The summed E-state index contributed by atoms with van der Waals surface area (Å²) >= 11 is 0. The van der Waals surface area contributed by atoms with E-state index in [-0.39, 0.29) is 5.75 Å². The van der Waals surface area contributed by atoms with Crippen LogP contribution in [0.5, 0.6) is 5.75 Å². The van der Waals surface area contributed by atoms with Crippen molar-refractivity contribution in [1.82, 2.24) is 9.97 Å². The Bertz CT molecular complexity index is 965. The van der Waals surface area contributed by atoms with Crippen LogP contribution in [0.2, 0.25) is 0 Å². The molecule has 0 aliphatic heterocycles. The Morgan fingerprint density at radius 3 is 2.41 bits per heavy atom. The predicted molar refractivity (Wildman–Crippen MR) is 88.0 cm³/mol. The highest BCUT2D eigenvalue weighted by Gasteiger charge is 2.08. The lowest BCUT2D eigenvalue weighted by Gasteiger charge is -2.07. The molecule has 1 aromatic heterocycles. The molecule has 4 aromatic rings. The van der Waals surface area contributed by atoms with Crippen molar-refractivity contribution in [2.24, 2.45) is 0 Å². The second kappa shape index (κ2) is 5.11. The maximum atomic E-state index is 10.1. The number of phenols is 1. The fourth-order valence-electron chi connectivity index (χ4n) is 2.75. The molecule has 0 fully saturated rings. The molecule has 0 amide bonds. The van der Waals surface area contributed by atoms with E-state index >= 15 is 0 Å². The second-order valence-corrected chi connectivity index (χ2v) is 5.33. The third-order valence-electron chi connectivity index (χ3n) is 3.81. The highest BCUT2D eigenvalue weighted by molar-refractivity contribution is 6.06. The number of hydrogen-bond donors (Lipinski definition) is 1. The van der Waals surface area contributed by atoms with Crippen molar-refractivity contribution in [3.05, 3.63) is 78.1 Å². The number of fused-ring (bicyclic) bond motifs is 3. The molecule has 0 atom stereocenters. The minimum Gasteiger partial charge on any atom is -0.507 e. The Morgan fingerprint density at radius 1 is 0.864 bits per heavy atom. The normalized spacial score (nSPS) is 11.1. The Labute approximate surface area is 127 Å². The van der Waals surface area contributed by atoms with Gasteiger partial charge in [0.1, 0.15) is 5.75 Å². The molecule has 4 rings (SSSR count). The van der Waals surface area contributed by atoms with E-state index in [1.807, 2.05) is 42.5 Å². The number of aromatic nitrogens is 2. The SMILES string of the molecule is Oc1cc2ncc(Cc3ccccc3)nc2c2ccccc12. The maximum absolute atomic E-state index is 10.1. The average Bonchev–Trinajstić information content (AvgIpc) is 2.57. The van der Waals surface area contributed by atoms with E-state index in [0.717, 1.165) is 28.4 Å². The first kappa shape index (κ1) is 12.8. The highest BCUT2D eigenvalue weighted by Crippen LogP contribution is 2.30. The summed E-state index contributed by atoms with van der Waals surface area (Å²) in [7, 11) is 0. The molecular formula is C19H14N2O. The standard InChI is InChI=1S/C19H14N2O/c22-18-11-17-19(16-9-5-4-8-15(16)18)21-14(12-20-17)10-13-6-2-1-3-7-13/h1-9,11-12,22H,10H2. The van der Waals surface area contributed by atoms with Gasteiger partial charge in [0.25, 0.3) is 0 Å². The summed E-state index contributed by atoms with van der Waals surface area (Å²) in [5.41, 5.74) is 3.68. The van der Waals surface area contributed by atoms with E-state index in [1.165, 1.54) is 5.56 Å². The van der Waals surface area contributed by atoms with Crippen molar-refractivity contribution in [2.75, 3.05) is 0 Å². The maximum Gasteiger partial charge on any atom is 0.125 e. The predicted octanol–water partition coefficient (Wildman–Crippen LogP) is 4.08. The fourth-order valence-corrected chi connectivity index (χ4v) is 2.75. The van der Waals surface area contributed by atoms with Crippen LogP contribution >= 0.6 is 0 Å². The molecule has 0 unspecified atom stereocenters. The van der Waals surface area contributed by atoms with Gasteiger partial charge in [0, 0.05) is 29.5 Å². The van der Waals surface area contributed by atoms with E-state index < -0.39 is 0 Å². The van der Waals surface area contributed by atoms with Crippen LogP contribution in [0.25, 0.3) is 21.8 Å². The van der Waals surface area contributed by atoms with Crippen LogP contribution in [-0.2, 0) is 6.42 Å². The van der Waals surface area contributed by atoms with Crippen LogP contribution in [0.3, 0.4) is 0 Å². The van der Waals surface area contributed by atoms with Gasteiger partial charge < -0.3 is 5.11 Å². The smallest absolute Gasteiger partial charge is 0.125 e. The van der Waals surface area contributed by atoms with Gasteiger partial charge in [-0.3, -0.25) is 4.98 Å². The molecule has 22 heavy (non-hydrogen) atoms. The molecule has 1 heterocycles. The van der Waals surface area contributed by atoms with Gasteiger partial charge in [0.05, 0.1) is 16.7 Å².